The average molecular weight is 241 g/mol. The van der Waals surface area contributed by atoms with E-state index in [1.807, 2.05) is 0 Å². The molecule has 76 valence electrons. The van der Waals surface area contributed by atoms with Crippen LogP contribution in [0, 0.1) is 0 Å². The van der Waals surface area contributed by atoms with Gasteiger partial charge in [-0.1, -0.05) is 35.3 Å². The third-order valence-corrected chi connectivity index (χ3v) is 2.37. The van der Waals surface area contributed by atoms with Crippen molar-refractivity contribution in [1.29, 1.82) is 0 Å². The van der Waals surface area contributed by atoms with E-state index < -0.39 is 0 Å². The number of rotatable bonds is 1. The minimum absolute atomic E-state index is 0.250. The van der Waals surface area contributed by atoms with Gasteiger partial charge in [-0.05, 0) is 23.8 Å². The van der Waals surface area contributed by atoms with E-state index in [1.54, 1.807) is 24.3 Å². The maximum absolute atomic E-state index is 11.4. The van der Waals surface area contributed by atoms with Crippen LogP contribution >= 0.6 is 23.2 Å². The van der Waals surface area contributed by atoms with E-state index in [1.165, 1.54) is 6.07 Å². The molecule has 2 rings (SSSR count). The Labute approximate surface area is 95.7 Å². The Hall–Kier alpha value is -1.32. The van der Waals surface area contributed by atoms with Crippen molar-refractivity contribution in [3.05, 3.63) is 50.9 Å². The predicted octanol–water partition coefficient (Wildman–Crippen LogP) is 2.74. The van der Waals surface area contributed by atoms with Gasteiger partial charge in [-0.3, -0.25) is 4.79 Å². The molecule has 0 amide bonds. The largest absolute Gasteiger partial charge is 0.272 e. The molecule has 0 fully saturated rings. The fraction of sp³-hybridized carbons (Fsp3) is 0. The first-order chi connectivity index (χ1) is 7.16. The Kier molecular flexibility index (Phi) is 2.75. The third-order valence-electron chi connectivity index (χ3n) is 1.93. The predicted molar refractivity (Wildman–Crippen MR) is 60.3 cm³/mol. The summed E-state index contributed by atoms with van der Waals surface area (Å²) in [6.45, 7) is 0. The van der Waals surface area contributed by atoms with Gasteiger partial charge in [0.25, 0.3) is 5.56 Å². The van der Waals surface area contributed by atoms with Gasteiger partial charge in [-0.2, -0.15) is 5.10 Å². The lowest BCUT2D eigenvalue weighted by atomic mass is 10.1. The third kappa shape index (κ3) is 2.19. The molecule has 0 atom stereocenters. The van der Waals surface area contributed by atoms with Gasteiger partial charge in [0.2, 0.25) is 0 Å². The summed E-state index contributed by atoms with van der Waals surface area (Å²) >= 11 is 11.4. The highest BCUT2D eigenvalue weighted by atomic mass is 35.5. The number of H-pyrrole nitrogens is 1. The molecule has 1 N–H and O–H groups in total. The summed E-state index contributed by atoms with van der Waals surface area (Å²) in [5.41, 5.74) is 0.957. The van der Waals surface area contributed by atoms with E-state index in [2.05, 4.69) is 10.2 Å². The van der Waals surface area contributed by atoms with E-state index in [0.717, 1.165) is 5.56 Å². The number of nitrogens with zero attached hydrogens (tertiary/aromatic N) is 1. The Morgan fingerprint density at radius 1 is 1.13 bits per heavy atom. The lowest BCUT2D eigenvalue weighted by molar-refractivity contribution is 0.992. The fourth-order valence-electron chi connectivity index (χ4n) is 1.23. The van der Waals surface area contributed by atoms with Crippen molar-refractivity contribution in [1.82, 2.24) is 10.2 Å². The summed E-state index contributed by atoms with van der Waals surface area (Å²) in [6.07, 6.45) is 0. The van der Waals surface area contributed by atoms with Gasteiger partial charge >= 0.3 is 0 Å². The average Bonchev–Trinajstić information content (AvgIpc) is 2.23. The molecule has 1 aromatic heterocycles. The standard InChI is InChI=1S/C10H6Cl2N2O/c11-7-3-1-6(2-4-7)8-5-9(12)13-14-10(8)15/h1-5H,(H,14,15). The molecule has 0 saturated carbocycles. The molecule has 1 aromatic carbocycles. The van der Waals surface area contributed by atoms with Crippen LogP contribution in [0.5, 0.6) is 0 Å². The highest BCUT2D eigenvalue weighted by Gasteiger charge is 2.04. The van der Waals surface area contributed by atoms with Crippen molar-refractivity contribution in [3.63, 3.8) is 0 Å². The molecule has 0 saturated heterocycles. The first-order valence-corrected chi connectivity index (χ1v) is 4.93. The molecule has 0 spiro atoms. The summed E-state index contributed by atoms with van der Waals surface area (Å²) in [5.74, 6) is 0. The molecule has 5 heteroatoms. The van der Waals surface area contributed by atoms with Crippen LogP contribution in [0.2, 0.25) is 10.2 Å². The van der Waals surface area contributed by atoms with Gasteiger partial charge < -0.3 is 0 Å². The lowest BCUT2D eigenvalue weighted by Gasteiger charge is -2.00. The summed E-state index contributed by atoms with van der Waals surface area (Å²) < 4.78 is 0. The maximum atomic E-state index is 11.4. The van der Waals surface area contributed by atoms with Crippen LogP contribution in [0.3, 0.4) is 0 Å². The van der Waals surface area contributed by atoms with Gasteiger partial charge in [0.15, 0.2) is 0 Å². The van der Waals surface area contributed by atoms with Gasteiger partial charge in [0.1, 0.15) is 5.15 Å². The zero-order valence-corrected chi connectivity index (χ0v) is 9.01. The number of hydrogen-bond donors (Lipinski definition) is 1. The van der Waals surface area contributed by atoms with Crippen LogP contribution in [0.25, 0.3) is 11.1 Å². The zero-order chi connectivity index (χ0) is 10.8. The first-order valence-electron chi connectivity index (χ1n) is 4.18. The minimum Gasteiger partial charge on any atom is -0.267 e. The van der Waals surface area contributed by atoms with E-state index >= 15 is 0 Å². The van der Waals surface area contributed by atoms with E-state index in [0.29, 0.717) is 10.6 Å². The first kappa shape index (κ1) is 10.2. The number of hydrogen-bond acceptors (Lipinski definition) is 2. The minimum atomic E-state index is -0.276. The molecule has 0 radical (unpaired) electrons. The Balaban J connectivity index is 2.58. The lowest BCUT2D eigenvalue weighted by Crippen LogP contribution is -2.10. The fourth-order valence-corrected chi connectivity index (χ4v) is 1.50. The molecular formula is C10H6Cl2N2O. The highest BCUT2D eigenvalue weighted by molar-refractivity contribution is 6.30. The Morgan fingerprint density at radius 3 is 2.47 bits per heavy atom. The Morgan fingerprint density at radius 2 is 1.80 bits per heavy atom. The van der Waals surface area contributed by atoms with E-state index in [9.17, 15) is 4.79 Å². The molecule has 0 aliphatic carbocycles. The highest BCUT2D eigenvalue weighted by Crippen LogP contribution is 2.19. The number of halogens is 2. The SMILES string of the molecule is O=c1[nH]nc(Cl)cc1-c1ccc(Cl)cc1. The van der Waals surface area contributed by atoms with Crippen molar-refractivity contribution in [3.8, 4) is 11.1 Å². The van der Waals surface area contributed by atoms with Crippen molar-refractivity contribution < 1.29 is 0 Å². The number of nitrogens with one attached hydrogen (secondary N) is 1. The van der Waals surface area contributed by atoms with Gasteiger partial charge in [-0.25, -0.2) is 5.10 Å². The maximum Gasteiger partial charge on any atom is 0.272 e. The second kappa shape index (κ2) is 4.04. The topological polar surface area (TPSA) is 45.8 Å². The molecule has 1 heterocycles. The van der Waals surface area contributed by atoms with Crippen LogP contribution in [-0.2, 0) is 0 Å². The monoisotopic (exact) mass is 240 g/mol. The second-order valence-corrected chi connectivity index (χ2v) is 3.76. The van der Waals surface area contributed by atoms with Crippen molar-refractivity contribution >= 4 is 23.2 Å². The molecule has 15 heavy (non-hydrogen) atoms. The van der Waals surface area contributed by atoms with E-state index in [-0.39, 0.29) is 10.7 Å². The van der Waals surface area contributed by atoms with Crippen LogP contribution in [0.1, 0.15) is 0 Å². The quantitative estimate of drug-likeness (QED) is 0.834. The van der Waals surface area contributed by atoms with Crippen LogP contribution in [0.4, 0.5) is 0 Å². The van der Waals surface area contributed by atoms with Crippen molar-refractivity contribution in [2.45, 2.75) is 0 Å². The summed E-state index contributed by atoms with van der Waals surface area (Å²) in [6, 6.07) is 8.45. The van der Waals surface area contributed by atoms with E-state index in [4.69, 9.17) is 23.2 Å². The Bertz CT molecular complexity index is 534. The second-order valence-electron chi connectivity index (χ2n) is 2.94. The summed E-state index contributed by atoms with van der Waals surface area (Å²) in [5, 5.41) is 6.77. The molecule has 0 aliphatic rings. The zero-order valence-electron chi connectivity index (χ0n) is 7.50. The summed E-state index contributed by atoms with van der Waals surface area (Å²) in [4.78, 5) is 11.4. The number of aromatic nitrogens is 2. The van der Waals surface area contributed by atoms with Gasteiger partial charge in [0.05, 0.1) is 5.56 Å². The normalized spacial score (nSPS) is 10.3. The smallest absolute Gasteiger partial charge is 0.267 e. The molecule has 2 aromatic rings. The van der Waals surface area contributed by atoms with Crippen molar-refractivity contribution in [2.75, 3.05) is 0 Å². The molecular weight excluding hydrogens is 235 g/mol. The molecule has 0 bridgehead atoms. The van der Waals surface area contributed by atoms with Gasteiger partial charge in [0, 0.05) is 5.02 Å². The van der Waals surface area contributed by atoms with Crippen molar-refractivity contribution in [2.24, 2.45) is 0 Å². The molecule has 3 nitrogen and oxygen atoms in total. The number of aromatic amines is 1. The van der Waals surface area contributed by atoms with Crippen LogP contribution in [-0.4, -0.2) is 10.2 Å². The summed E-state index contributed by atoms with van der Waals surface area (Å²) in [7, 11) is 0. The van der Waals surface area contributed by atoms with Gasteiger partial charge in [-0.15, -0.1) is 0 Å². The van der Waals surface area contributed by atoms with Crippen LogP contribution in [0.15, 0.2) is 35.1 Å². The molecule has 0 aliphatic heterocycles. The molecule has 0 unspecified atom stereocenters. The van der Waals surface area contributed by atoms with Crippen LogP contribution < -0.4 is 5.56 Å². The number of benzene rings is 1.